The lowest BCUT2D eigenvalue weighted by molar-refractivity contribution is -0.0107. The van der Waals surface area contributed by atoms with Crippen molar-refractivity contribution in [3.8, 4) is 11.5 Å². The number of halogens is 1. The smallest absolute Gasteiger partial charge is 0.142 e. The number of rotatable bonds is 4. The van der Waals surface area contributed by atoms with Gasteiger partial charge in [-0.15, -0.1) is 0 Å². The van der Waals surface area contributed by atoms with Gasteiger partial charge in [-0.1, -0.05) is 0 Å². The molecule has 1 fully saturated rings. The first-order valence-electron chi connectivity index (χ1n) is 6.35. The average Bonchev–Trinajstić information content (AvgIpc) is 2.47. The van der Waals surface area contributed by atoms with Crippen molar-refractivity contribution in [2.75, 3.05) is 27.4 Å². The highest BCUT2D eigenvalue weighted by Gasteiger charge is 2.27. The van der Waals surface area contributed by atoms with E-state index in [4.69, 9.17) is 14.2 Å². The molecule has 5 heteroatoms. The summed E-state index contributed by atoms with van der Waals surface area (Å²) in [5.74, 6) is 1.42. The molecular weight excluding hydrogens is 312 g/mol. The first-order chi connectivity index (χ1) is 9.19. The van der Waals surface area contributed by atoms with Gasteiger partial charge in [-0.3, -0.25) is 0 Å². The SMILES string of the molecule is COc1ccc(C(O)C2CCCOC2)c(OC)c1Br. The molecule has 0 saturated carbocycles. The molecule has 1 aromatic carbocycles. The Bertz CT molecular complexity index is 430. The van der Waals surface area contributed by atoms with Crippen LogP contribution in [0.25, 0.3) is 0 Å². The largest absolute Gasteiger partial charge is 0.495 e. The fraction of sp³-hybridized carbons (Fsp3) is 0.571. The second kappa shape index (κ2) is 6.59. The topological polar surface area (TPSA) is 47.9 Å². The molecular formula is C14H19BrO4. The van der Waals surface area contributed by atoms with Crippen molar-refractivity contribution >= 4 is 15.9 Å². The van der Waals surface area contributed by atoms with Crippen LogP contribution in [-0.4, -0.2) is 32.5 Å². The summed E-state index contributed by atoms with van der Waals surface area (Å²) >= 11 is 3.45. The zero-order valence-electron chi connectivity index (χ0n) is 11.2. The number of aliphatic hydroxyl groups excluding tert-OH is 1. The summed E-state index contributed by atoms with van der Waals surface area (Å²) in [5.41, 5.74) is 0.769. The van der Waals surface area contributed by atoms with Crippen molar-refractivity contribution in [1.82, 2.24) is 0 Å². The maximum absolute atomic E-state index is 10.5. The van der Waals surface area contributed by atoms with Crippen LogP contribution in [0.2, 0.25) is 0 Å². The van der Waals surface area contributed by atoms with Gasteiger partial charge in [-0.05, 0) is 40.9 Å². The molecule has 1 aliphatic rings. The number of benzene rings is 1. The second-order valence-electron chi connectivity index (χ2n) is 4.63. The molecule has 1 saturated heterocycles. The Labute approximate surface area is 121 Å². The van der Waals surface area contributed by atoms with Crippen LogP contribution in [0.5, 0.6) is 11.5 Å². The maximum Gasteiger partial charge on any atom is 0.142 e. The summed E-state index contributed by atoms with van der Waals surface area (Å²) in [6.45, 7) is 1.38. The standard InChI is InChI=1S/C14H19BrO4/c1-17-11-6-5-10(14(18-2)12(11)15)13(16)9-4-3-7-19-8-9/h5-6,9,13,16H,3-4,7-8H2,1-2H3. The molecule has 0 spiro atoms. The number of methoxy groups -OCH3 is 2. The van der Waals surface area contributed by atoms with E-state index in [0.29, 0.717) is 18.1 Å². The number of hydrogen-bond acceptors (Lipinski definition) is 4. The molecule has 0 aliphatic carbocycles. The van der Waals surface area contributed by atoms with Gasteiger partial charge in [0.25, 0.3) is 0 Å². The lowest BCUT2D eigenvalue weighted by atomic mass is 9.90. The number of hydrogen-bond donors (Lipinski definition) is 1. The minimum Gasteiger partial charge on any atom is -0.495 e. The van der Waals surface area contributed by atoms with E-state index >= 15 is 0 Å². The first-order valence-corrected chi connectivity index (χ1v) is 7.14. The van der Waals surface area contributed by atoms with E-state index in [0.717, 1.165) is 29.5 Å². The van der Waals surface area contributed by atoms with Crippen LogP contribution in [-0.2, 0) is 4.74 Å². The summed E-state index contributed by atoms with van der Waals surface area (Å²) in [6, 6.07) is 3.68. The predicted octanol–water partition coefficient (Wildman–Crippen LogP) is 2.93. The van der Waals surface area contributed by atoms with Crippen LogP contribution in [0, 0.1) is 5.92 Å². The van der Waals surface area contributed by atoms with E-state index in [1.165, 1.54) is 0 Å². The van der Waals surface area contributed by atoms with Crippen LogP contribution in [0.4, 0.5) is 0 Å². The molecule has 1 N–H and O–H groups in total. The minimum absolute atomic E-state index is 0.114. The van der Waals surface area contributed by atoms with E-state index in [2.05, 4.69) is 15.9 Å². The Hall–Kier alpha value is -0.780. The van der Waals surface area contributed by atoms with Crippen LogP contribution < -0.4 is 9.47 Å². The van der Waals surface area contributed by atoms with Gasteiger partial charge in [-0.25, -0.2) is 0 Å². The summed E-state index contributed by atoms with van der Waals surface area (Å²) in [7, 11) is 3.19. The van der Waals surface area contributed by atoms with Crippen molar-refractivity contribution in [1.29, 1.82) is 0 Å². The molecule has 0 radical (unpaired) electrons. The highest BCUT2D eigenvalue weighted by atomic mass is 79.9. The van der Waals surface area contributed by atoms with E-state index in [9.17, 15) is 5.11 Å². The highest BCUT2D eigenvalue weighted by molar-refractivity contribution is 9.10. The maximum atomic E-state index is 10.5. The van der Waals surface area contributed by atoms with Gasteiger partial charge in [0.05, 0.1) is 26.9 Å². The third-order valence-corrected chi connectivity index (χ3v) is 4.23. The summed E-state index contributed by atoms with van der Waals surface area (Å²) in [6.07, 6.45) is 1.37. The molecule has 0 amide bonds. The van der Waals surface area contributed by atoms with Crippen molar-refractivity contribution in [2.45, 2.75) is 18.9 Å². The quantitative estimate of drug-likeness (QED) is 0.922. The van der Waals surface area contributed by atoms with Crippen molar-refractivity contribution in [3.05, 3.63) is 22.2 Å². The minimum atomic E-state index is -0.586. The molecule has 0 aromatic heterocycles. The molecule has 1 aromatic rings. The van der Waals surface area contributed by atoms with Gasteiger partial charge in [0.15, 0.2) is 0 Å². The highest BCUT2D eigenvalue weighted by Crippen LogP contribution is 2.42. The molecule has 0 bridgehead atoms. The Balaban J connectivity index is 2.30. The zero-order chi connectivity index (χ0) is 13.8. The molecule has 1 aliphatic heterocycles. The Morgan fingerprint density at radius 2 is 2.16 bits per heavy atom. The normalized spacial score (nSPS) is 20.9. The molecule has 2 atom stereocenters. The Kier molecular flexibility index (Phi) is 5.07. The fourth-order valence-electron chi connectivity index (χ4n) is 2.42. The molecule has 106 valence electrons. The Morgan fingerprint density at radius 3 is 2.74 bits per heavy atom. The lowest BCUT2D eigenvalue weighted by Crippen LogP contribution is -2.24. The van der Waals surface area contributed by atoms with E-state index < -0.39 is 6.10 Å². The number of aliphatic hydroxyl groups is 1. The summed E-state index contributed by atoms with van der Waals surface area (Å²) in [4.78, 5) is 0. The third-order valence-electron chi connectivity index (χ3n) is 3.48. The predicted molar refractivity (Wildman–Crippen MR) is 75.7 cm³/mol. The molecule has 19 heavy (non-hydrogen) atoms. The third kappa shape index (κ3) is 3.04. The van der Waals surface area contributed by atoms with E-state index in [-0.39, 0.29) is 5.92 Å². The van der Waals surface area contributed by atoms with Gasteiger partial charge in [-0.2, -0.15) is 0 Å². The molecule has 2 unspecified atom stereocenters. The van der Waals surface area contributed by atoms with Crippen molar-refractivity contribution in [3.63, 3.8) is 0 Å². The van der Waals surface area contributed by atoms with Crippen LogP contribution in [0.3, 0.4) is 0 Å². The van der Waals surface area contributed by atoms with E-state index in [1.54, 1.807) is 14.2 Å². The van der Waals surface area contributed by atoms with Crippen LogP contribution >= 0.6 is 15.9 Å². The summed E-state index contributed by atoms with van der Waals surface area (Å²) in [5, 5.41) is 10.5. The van der Waals surface area contributed by atoms with Gasteiger partial charge in [0, 0.05) is 18.1 Å². The van der Waals surface area contributed by atoms with Gasteiger partial charge < -0.3 is 19.3 Å². The average molecular weight is 331 g/mol. The van der Waals surface area contributed by atoms with Crippen molar-refractivity contribution in [2.24, 2.45) is 5.92 Å². The monoisotopic (exact) mass is 330 g/mol. The van der Waals surface area contributed by atoms with Crippen LogP contribution in [0.1, 0.15) is 24.5 Å². The van der Waals surface area contributed by atoms with E-state index in [1.807, 2.05) is 12.1 Å². The lowest BCUT2D eigenvalue weighted by Gasteiger charge is -2.28. The van der Waals surface area contributed by atoms with Gasteiger partial charge >= 0.3 is 0 Å². The van der Waals surface area contributed by atoms with Gasteiger partial charge in [0.2, 0.25) is 0 Å². The molecule has 1 heterocycles. The Morgan fingerprint density at radius 1 is 1.37 bits per heavy atom. The zero-order valence-corrected chi connectivity index (χ0v) is 12.8. The first kappa shape index (κ1) is 14.6. The second-order valence-corrected chi connectivity index (χ2v) is 5.42. The molecule has 4 nitrogen and oxygen atoms in total. The molecule has 2 rings (SSSR count). The van der Waals surface area contributed by atoms with Crippen LogP contribution in [0.15, 0.2) is 16.6 Å². The van der Waals surface area contributed by atoms with Crippen molar-refractivity contribution < 1.29 is 19.3 Å². The van der Waals surface area contributed by atoms with Gasteiger partial charge in [0.1, 0.15) is 16.0 Å². The summed E-state index contributed by atoms with van der Waals surface area (Å²) < 4.78 is 16.8. The number of ether oxygens (including phenoxy) is 3. The fourth-order valence-corrected chi connectivity index (χ4v) is 3.10.